The van der Waals surface area contributed by atoms with E-state index in [2.05, 4.69) is 15.6 Å². The van der Waals surface area contributed by atoms with Crippen LogP contribution in [0.3, 0.4) is 0 Å². The van der Waals surface area contributed by atoms with Crippen LogP contribution in [0.2, 0.25) is 0 Å². The van der Waals surface area contributed by atoms with Crippen LogP contribution in [0, 0.1) is 0 Å². The zero-order valence-electron chi connectivity index (χ0n) is 13.8. The highest BCUT2D eigenvalue weighted by molar-refractivity contribution is 5.89. The van der Waals surface area contributed by atoms with Crippen LogP contribution in [0.15, 0.2) is 21.5 Å². The van der Waals surface area contributed by atoms with Gasteiger partial charge in [0, 0.05) is 26.8 Å². The molecule has 0 aliphatic carbocycles. The molecular weight excluding hydrogens is 300 g/mol. The van der Waals surface area contributed by atoms with E-state index in [1.54, 1.807) is 19.2 Å². The van der Waals surface area contributed by atoms with Crippen molar-refractivity contribution in [2.24, 2.45) is 10.7 Å². The molecule has 1 aromatic rings. The highest BCUT2D eigenvalue weighted by Crippen LogP contribution is 2.08. The van der Waals surface area contributed by atoms with E-state index in [-0.39, 0.29) is 5.76 Å². The van der Waals surface area contributed by atoms with E-state index in [9.17, 15) is 4.79 Å². The fourth-order valence-corrected chi connectivity index (χ4v) is 1.72. The van der Waals surface area contributed by atoms with Gasteiger partial charge in [0.15, 0.2) is 11.7 Å². The van der Waals surface area contributed by atoms with Gasteiger partial charge in [0.25, 0.3) is 5.91 Å². The van der Waals surface area contributed by atoms with Crippen LogP contribution >= 0.6 is 0 Å². The molecule has 0 aliphatic rings. The zero-order chi connectivity index (χ0) is 16.9. The second kappa shape index (κ2) is 11.5. The topological polar surface area (TPSA) is 111 Å². The molecular formula is C15H26N4O4. The molecule has 0 radical (unpaired) electrons. The lowest BCUT2D eigenvalue weighted by atomic mass is 10.4. The third-order valence-corrected chi connectivity index (χ3v) is 2.83. The zero-order valence-corrected chi connectivity index (χ0v) is 13.8. The predicted molar refractivity (Wildman–Crippen MR) is 87.4 cm³/mol. The second-order valence-electron chi connectivity index (χ2n) is 4.71. The van der Waals surface area contributed by atoms with Gasteiger partial charge in [-0.3, -0.25) is 4.79 Å². The standard InChI is InChI=1S/C15H26N4O4/c1-3-17-15(18-7-4-8-22-10-9-21-2)19-11-12-5-6-13(23-12)14(16)20/h5-6H,3-4,7-11H2,1-2H3,(H2,16,20)(H2,17,18,19). The van der Waals surface area contributed by atoms with Crippen molar-refractivity contribution in [3.63, 3.8) is 0 Å². The van der Waals surface area contributed by atoms with E-state index >= 15 is 0 Å². The lowest BCUT2D eigenvalue weighted by Crippen LogP contribution is -2.38. The van der Waals surface area contributed by atoms with Gasteiger partial charge >= 0.3 is 0 Å². The van der Waals surface area contributed by atoms with Gasteiger partial charge in [-0.2, -0.15) is 0 Å². The van der Waals surface area contributed by atoms with Crippen LogP contribution in [-0.4, -0.2) is 51.9 Å². The van der Waals surface area contributed by atoms with E-state index < -0.39 is 5.91 Å². The molecule has 0 saturated carbocycles. The third kappa shape index (κ3) is 8.22. The molecule has 0 aliphatic heterocycles. The number of nitrogens with zero attached hydrogens (tertiary/aromatic N) is 1. The Bertz CT molecular complexity index is 488. The number of hydrogen-bond donors (Lipinski definition) is 3. The molecule has 0 bridgehead atoms. The smallest absolute Gasteiger partial charge is 0.284 e. The number of amides is 1. The Labute approximate surface area is 136 Å². The molecule has 8 heteroatoms. The number of furan rings is 1. The first-order chi connectivity index (χ1) is 11.2. The van der Waals surface area contributed by atoms with E-state index in [0.29, 0.717) is 38.1 Å². The van der Waals surface area contributed by atoms with Gasteiger partial charge < -0.3 is 30.3 Å². The second-order valence-corrected chi connectivity index (χ2v) is 4.71. The average Bonchev–Trinajstić information content (AvgIpc) is 3.01. The van der Waals surface area contributed by atoms with Crippen molar-refractivity contribution in [1.82, 2.24) is 10.6 Å². The van der Waals surface area contributed by atoms with Gasteiger partial charge in [-0.25, -0.2) is 4.99 Å². The van der Waals surface area contributed by atoms with E-state index in [0.717, 1.165) is 19.5 Å². The largest absolute Gasteiger partial charge is 0.454 e. The van der Waals surface area contributed by atoms with Crippen molar-refractivity contribution >= 4 is 11.9 Å². The number of aliphatic imine (C=N–C) groups is 1. The summed E-state index contributed by atoms with van der Waals surface area (Å²) in [7, 11) is 1.65. The number of guanidine groups is 1. The third-order valence-electron chi connectivity index (χ3n) is 2.83. The predicted octanol–water partition coefficient (Wildman–Crippen LogP) is 0.487. The maximum absolute atomic E-state index is 11.0. The van der Waals surface area contributed by atoms with Crippen molar-refractivity contribution in [2.45, 2.75) is 19.9 Å². The molecule has 0 unspecified atom stereocenters. The number of methoxy groups -OCH3 is 1. The molecule has 1 amide bonds. The molecule has 130 valence electrons. The van der Waals surface area contributed by atoms with Crippen LogP contribution in [0.5, 0.6) is 0 Å². The lowest BCUT2D eigenvalue weighted by Gasteiger charge is -2.11. The number of nitrogens with two attached hydrogens (primary N) is 1. The molecule has 4 N–H and O–H groups in total. The first-order valence-corrected chi connectivity index (χ1v) is 7.64. The highest BCUT2D eigenvalue weighted by Gasteiger charge is 2.06. The summed E-state index contributed by atoms with van der Waals surface area (Å²) in [6.07, 6.45) is 0.862. The quantitative estimate of drug-likeness (QED) is 0.310. The van der Waals surface area contributed by atoms with Crippen molar-refractivity contribution in [2.75, 3.05) is 40.0 Å². The van der Waals surface area contributed by atoms with E-state index in [1.807, 2.05) is 6.92 Å². The SMILES string of the molecule is CCNC(=NCc1ccc(C(N)=O)o1)NCCCOCCOC. The van der Waals surface area contributed by atoms with Crippen LogP contribution < -0.4 is 16.4 Å². The summed E-state index contributed by atoms with van der Waals surface area (Å²) in [5.74, 6) is 0.820. The first-order valence-electron chi connectivity index (χ1n) is 7.64. The molecule has 0 spiro atoms. The molecule has 0 atom stereocenters. The Morgan fingerprint density at radius 1 is 1.30 bits per heavy atom. The number of carbonyl (C=O) groups excluding carboxylic acids is 1. The number of hydrogen-bond acceptors (Lipinski definition) is 5. The fraction of sp³-hybridized carbons (Fsp3) is 0.600. The van der Waals surface area contributed by atoms with Crippen molar-refractivity contribution in [3.05, 3.63) is 23.7 Å². The van der Waals surface area contributed by atoms with Crippen LogP contribution in [0.4, 0.5) is 0 Å². The minimum absolute atomic E-state index is 0.140. The molecule has 8 nitrogen and oxygen atoms in total. The van der Waals surface area contributed by atoms with Crippen molar-refractivity contribution < 1.29 is 18.7 Å². The van der Waals surface area contributed by atoms with E-state index in [4.69, 9.17) is 19.6 Å². The monoisotopic (exact) mass is 326 g/mol. The number of carbonyl (C=O) groups is 1. The Balaban J connectivity index is 2.33. The van der Waals surface area contributed by atoms with Gasteiger partial charge in [0.1, 0.15) is 12.3 Å². The molecule has 0 fully saturated rings. The Kier molecular flexibility index (Phi) is 9.49. The van der Waals surface area contributed by atoms with Gasteiger partial charge in [-0.15, -0.1) is 0 Å². The summed E-state index contributed by atoms with van der Waals surface area (Å²) in [5.41, 5.74) is 5.14. The van der Waals surface area contributed by atoms with Crippen LogP contribution in [-0.2, 0) is 16.0 Å². The van der Waals surface area contributed by atoms with E-state index in [1.165, 1.54) is 0 Å². The molecule has 1 aromatic heterocycles. The maximum atomic E-state index is 11.0. The molecule has 1 rings (SSSR count). The molecule has 1 heterocycles. The minimum atomic E-state index is -0.585. The average molecular weight is 326 g/mol. The first kappa shape index (κ1) is 19.0. The molecule has 0 aromatic carbocycles. The summed E-state index contributed by atoms with van der Waals surface area (Å²) in [6.45, 7) is 5.68. The highest BCUT2D eigenvalue weighted by atomic mass is 16.5. The number of nitrogens with one attached hydrogen (secondary N) is 2. The summed E-state index contributed by atoms with van der Waals surface area (Å²) >= 11 is 0. The molecule has 23 heavy (non-hydrogen) atoms. The normalized spacial score (nSPS) is 11.5. The van der Waals surface area contributed by atoms with Gasteiger partial charge in [0.2, 0.25) is 0 Å². The Hall–Kier alpha value is -2.06. The van der Waals surface area contributed by atoms with Crippen molar-refractivity contribution in [3.8, 4) is 0 Å². The summed E-state index contributed by atoms with van der Waals surface area (Å²) in [4.78, 5) is 15.4. The van der Waals surface area contributed by atoms with Crippen LogP contribution in [0.1, 0.15) is 29.7 Å². The number of primary amides is 1. The maximum Gasteiger partial charge on any atom is 0.284 e. The fourth-order valence-electron chi connectivity index (χ4n) is 1.72. The summed E-state index contributed by atoms with van der Waals surface area (Å²) in [6, 6.07) is 3.24. The number of rotatable bonds is 11. The summed E-state index contributed by atoms with van der Waals surface area (Å²) in [5, 5.41) is 6.34. The van der Waals surface area contributed by atoms with Crippen molar-refractivity contribution in [1.29, 1.82) is 0 Å². The number of ether oxygens (including phenoxy) is 2. The van der Waals surface area contributed by atoms with Crippen LogP contribution in [0.25, 0.3) is 0 Å². The van der Waals surface area contributed by atoms with Gasteiger partial charge in [-0.05, 0) is 25.5 Å². The minimum Gasteiger partial charge on any atom is -0.454 e. The van der Waals surface area contributed by atoms with Gasteiger partial charge in [0.05, 0.1) is 13.2 Å². The van der Waals surface area contributed by atoms with Gasteiger partial charge in [-0.1, -0.05) is 0 Å². The molecule has 0 saturated heterocycles. The Morgan fingerprint density at radius 3 is 2.78 bits per heavy atom. The summed E-state index contributed by atoms with van der Waals surface area (Å²) < 4.78 is 15.6. The lowest BCUT2D eigenvalue weighted by molar-refractivity contribution is 0.0698. The Morgan fingerprint density at radius 2 is 2.13 bits per heavy atom.